The Morgan fingerprint density at radius 2 is 1.67 bits per heavy atom. The minimum absolute atomic E-state index is 0.307. The van der Waals surface area contributed by atoms with E-state index in [4.69, 9.17) is 0 Å². The first kappa shape index (κ1) is 23.5. The van der Waals surface area contributed by atoms with Crippen LogP contribution in [0.1, 0.15) is 57.4 Å². The van der Waals surface area contributed by atoms with Crippen molar-refractivity contribution in [2.24, 2.45) is 5.92 Å². The molecule has 1 atom stereocenters. The van der Waals surface area contributed by atoms with Gasteiger partial charge in [-0.05, 0) is 81.3 Å². The van der Waals surface area contributed by atoms with Gasteiger partial charge in [0.05, 0.1) is 11.2 Å². The molecule has 0 radical (unpaired) electrons. The first-order chi connectivity index (χ1) is 17.6. The lowest BCUT2D eigenvalue weighted by Crippen LogP contribution is -2.49. The molecule has 4 heterocycles. The van der Waals surface area contributed by atoms with E-state index in [9.17, 15) is 4.79 Å². The summed E-state index contributed by atoms with van der Waals surface area (Å²) in [6.45, 7) is 10.5. The minimum Gasteiger partial charge on any atom is -0.366 e. The van der Waals surface area contributed by atoms with Crippen LogP contribution in [0.3, 0.4) is 0 Å². The van der Waals surface area contributed by atoms with E-state index in [1.807, 2.05) is 10.7 Å². The predicted octanol–water partition coefficient (Wildman–Crippen LogP) is 5.04. The highest BCUT2D eigenvalue weighted by atomic mass is 16.2. The summed E-state index contributed by atoms with van der Waals surface area (Å²) in [5.74, 6) is 1.34. The minimum atomic E-state index is 0.307. The molecule has 36 heavy (non-hydrogen) atoms. The van der Waals surface area contributed by atoms with Crippen molar-refractivity contribution in [2.45, 2.75) is 57.9 Å². The summed E-state index contributed by atoms with van der Waals surface area (Å²) in [7, 11) is 0. The van der Waals surface area contributed by atoms with E-state index in [0.717, 1.165) is 44.5 Å². The Morgan fingerprint density at radius 1 is 0.944 bits per heavy atom. The van der Waals surface area contributed by atoms with E-state index >= 15 is 0 Å². The van der Waals surface area contributed by atoms with Gasteiger partial charge in [0.25, 0.3) is 0 Å². The number of nitrogens with zero attached hydrogens (tertiary/aromatic N) is 5. The van der Waals surface area contributed by atoms with Crippen LogP contribution in [-0.4, -0.2) is 70.6 Å². The summed E-state index contributed by atoms with van der Waals surface area (Å²) in [5.41, 5.74) is 6.27. The quantitative estimate of drug-likeness (QED) is 0.491. The van der Waals surface area contributed by atoms with Gasteiger partial charge in [-0.15, -0.1) is 0 Å². The summed E-state index contributed by atoms with van der Waals surface area (Å²) in [4.78, 5) is 19.6. The monoisotopic (exact) mass is 485 g/mol. The molecule has 0 spiro atoms. The van der Waals surface area contributed by atoms with Crippen molar-refractivity contribution in [2.75, 3.05) is 44.2 Å². The second-order valence-electron chi connectivity index (χ2n) is 11.1. The van der Waals surface area contributed by atoms with Crippen molar-refractivity contribution in [3.8, 4) is 11.1 Å². The van der Waals surface area contributed by atoms with E-state index in [0.29, 0.717) is 23.8 Å². The fraction of sp³-hybridized carbons (Fsp3) is 0.533. The third-order valence-electron chi connectivity index (χ3n) is 8.80. The molecule has 3 fully saturated rings. The SMILES string of the molecule is CC[C@H](C)N1CCC(c2ccc(-c3cc4c(N5CCN(C(=O)C6CC6)CC5)ccnn4c3)cc2)CC1. The van der Waals surface area contributed by atoms with E-state index in [1.165, 1.54) is 54.7 Å². The van der Waals surface area contributed by atoms with Crippen LogP contribution in [0, 0.1) is 5.92 Å². The van der Waals surface area contributed by atoms with E-state index in [-0.39, 0.29) is 0 Å². The van der Waals surface area contributed by atoms with Gasteiger partial charge in [-0.3, -0.25) is 4.79 Å². The number of amides is 1. The number of piperazine rings is 1. The summed E-state index contributed by atoms with van der Waals surface area (Å²) in [5, 5.41) is 4.60. The highest BCUT2D eigenvalue weighted by Crippen LogP contribution is 2.34. The van der Waals surface area contributed by atoms with Crippen LogP contribution in [0.5, 0.6) is 0 Å². The molecule has 2 aromatic heterocycles. The average Bonchev–Trinajstić information content (AvgIpc) is 3.70. The fourth-order valence-corrected chi connectivity index (χ4v) is 6.06. The van der Waals surface area contributed by atoms with Gasteiger partial charge in [0.2, 0.25) is 5.91 Å². The highest BCUT2D eigenvalue weighted by molar-refractivity contribution is 5.82. The van der Waals surface area contributed by atoms with Gasteiger partial charge in [0, 0.05) is 56.1 Å². The van der Waals surface area contributed by atoms with E-state index < -0.39 is 0 Å². The lowest BCUT2D eigenvalue weighted by molar-refractivity contribution is -0.132. The Bertz CT molecular complexity index is 1200. The molecular formula is C30H39N5O. The third-order valence-corrected chi connectivity index (χ3v) is 8.80. The molecule has 3 aliphatic rings. The van der Waals surface area contributed by atoms with Crippen LogP contribution in [-0.2, 0) is 4.79 Å². The van der Waals surface area contributed by atoms with Crippen molar-refractivity contribution in [3.05, 3.63) is 54.4 Å². The Balaban J connectivity index is 1.15. The maximum absolute atomic E-state index is 12.4. The normalized spacial score (nSPS) is 20.7. The molecule has 1 aromatic carbocycles. The number of carbonyl (C=O) groups is 1. The number of rotatable bonds is 6. The van der Waals surface area contributed by atoms with Crippen molar-refractivity contribution in [1.29, 1.82) is 0 Å². The molecule has 1 amide bonds. The predicted molar refractivity (Wildman–Crippen MR) is 145 cm³/mol. The molecule has 3 aromatic rings. The van der Waals surface area contributed by atoms with Crippen molar-refractivity contribution in [1.82, 2.24) is 19.4 Å². The highest BCUT2D eigenvalue weighted by Gasteiger charge is 2.34. The van der Waals surface area contributed by atoms with Crippen molar-refractivity contribution < 1.29 is 4.79 Å². The number of carbonyl (C=O) groups excluding carboxylic acids is 1. The van der Waals surface area contributed by atoms with Crippen LogP contribution < -0.4 is 4.90 Å². The van der Waals surface area contributed by atoms with Gasteiger partial charge in [-0.1, -0.05) is 31.2 Å². The van der Waals surface area contributed by atoms with E-state index in [2.05, 4.69) is 76.2 Å². The average molecular weight is 486 g/mol. The van der Waals surface area contributed by atoms with Gasteiger partial charge in [0.1, 0.15) is 0 Å². The van der Waals surface area contributed by atoms with Crippen LogP contribution in [0.4, 0.5) is 5.69 Å². The maximum atomic E-state index is 12.4. The van der Waals surface area contributed by atoms with Gasteiger partial charge < -0.3 is 14.7 Å². The number of hydrogen-bond acceptors (Lipinski definition) is 4. The van der Waals surface area contributed by atoms with Crippen molar-refractivity contribution in [3.63, 3.8) is 0 Å². The first-order valence-electron chi connectivity index (χ1n) is 14.0. The molecule has 6 nitrogen and oxygen atoms in total. The van der Waals surface area contributed by atoms with Crippen LogP contribution >= 0.6 is 0 Å². The molecule has 1 aliphatic carbocycles. The number of hydrogen-bond donors (Lipinski definition) is 0. The molecule has 0 N–H and O–H groups in total. The Morgan fingerprint density at radius 3 is 2.33 bits per heavy atom. The molecular weight excluding hydrogens is 446 g/mol. The second-order valence-corrected chi connectivity index (χ2v) is 11.1. The number of fused-ring (bicyclic) bond motifs is 1. The number of anilines is 1. The van der Waals surface area contributed by atoms with Crippen LogP contribution in [0.2, 0.25) is 0 Å². The molecule has 0 unspecified atom stereocenters. The molecule has 6 rings (SSSR count). The van der Waals surface area contributed by atoms with Gasteiger partial charge in [-0.2, -0.15) is 5.10 Å². The molecule has 190 valence electrons. The van der Waals surface area contributed by atoms with Gasteiger partial charge >= 0.3 is 0 Å². The second kappa shape index (κ2) is 9.89. The van der Waals surface area contributed by atoms with Gasteiger partial charge in [-0.25, -0.2) is 4.52 Å². The Kier molecular flexibility index (Phi) is 6.46. The number of likely N-dealkylation sites (tertiary alicyclic amines) is 1. The lowest BCUT2D eigenvalue weighted by Gasteiger charge is -2.36. The first-order valence-corrected chi connectivity index (χ1v) is 14.0. The zero-order valence-corrected chi connectivity index (χ0v) is 21.8. The summed E-state index contributed by atoms with van der Waals surface area (Å²) in [6.07, 6.45) is 9.94. The number of piperidine rings is 1. The summed E-state index contributed by atoms with van der Waals surface area (Å²) >= 11 is 0. The van der Waals surface area contributed by atoms with Crippen molar-refractivity contribution >= 4 is 17.1 Å². The number of aromatic nitrogens is 2. The Labute approximate surface area is 214 Å². The molecule has 2 aliphatic heterocycles. The van der Waals surface area contributed by atoms with Crippen LogP contribution in [0.25, 0.3) is 16.6 Å². The largest absolute Gasteiger partial charge is 0.366 e. The topological polar surface area (TPSA) is 44.1 Å². The smallest absolute Gasteiger partial charge is 0.225 e. The zero-order chi connectivity index (χ0) is 24.6. The zero-order valence-electron chi connectivity index (χ0n) is 21.8. The lowest BCUT2D eigenvalue weighted by atomic mass is 9.88. The number of benzene rings is 1. The maximum Gasteiger partial charge on any atom is 0.225 e. The standard InChI is InChI=1S/C30H39N5O/c1-3-22(2)32-14-11-25(12-15-32)23-4-6-24(7-5-23)27-20-29-28(10-13-31-35(29)21-27)33-16-18-34(19-17-33)30(36)26-8-9-26/h4-7,10,13,20-22,25-26H,3,8-9,11-12,14-19H2,1-2H3/t22-/m0/s1. The summed E-state index contributed by atoms with van der Waals surface area (Å²) < 4.78 is 2.00. The summed E-state index contributed by atoms with van der Waals surface area (Å²) in [6, 6.07) is 14.3. The van der Waals surface area contributed by atoms with Gasteiger partial charge in [0.15, 0.2) is 0 Å². The molecule has 2 saturated heterocycles. The molecule has 6 heteroatoms. The Hall–Kier alpha value is -2.86. The van der Waals surface area contributed by atoms with E-state index in [1.54, 1.807) is 0 Å². The fourth-order valence-electron chi connectivity index (χ4n) is 6.06. The molecule has 1 saturated carbocycles. The third kappa shape index (κ3) is 4.63. The van der Waals surface area contributed by atoms with Crippen LogP contribution in [0.15, 0.2) is 48.8 Å². The molecule has 0 bridgehead atoms.